The summed E-state index contributed by atoms with van der Waals surface area (Å²) in [6, 6.07) is 6.16. The highest BCUT2D eigenvalue weighted by atomic mass is 32.2. The second kappa shape index (κ2) is 7.17. The Kier molecular flexibility index (Phi) is 5.46. The first kappa shape index (κ1) is 17.5. The maximum absolute atomic E-state index is 12.5. The zero-order chi connectivity index (χ0) is 17.0. The minimum atomic E-state index is -3.25. The number of sulfone groups is 1. The summed E-state index contributed by atoms with van der Waals surface area (Å²) in [6.07, 6.45) is 3.44. The topological polar surface area (TPSA) is 66.5 Å². The third kappa shape index (κ3) is 4.34. The third-order valence-corrected chi connectivity index (χ3v) is 6.31. The first-order valence-corrected chi connectivity index (χ1v) is 9.36. The van der Waals surface area contributed by atoms with Crippen molar-refractivity contribution in [3.8, 4) is 0 Å². The standard InChI is InChI=1S/C17H24N2O3S/c1-13(2)12-19(3)17(20)18-14-8-10-16(11-9-14)23(21,22)15-6-4-5-7-15/h8-11,15H,1,4-7,12H2,2-3H3,(H,18,20). The maximum Gasteiger partial charge on any atom is 0.321 e. The van der Waals surface area contributed by atoms with E-state index in [0.29, 0.717) is 17.1 Å². The van der Waals surface area contributed by atoms with Gasteiger partial charge in [0, 0.05) is 19.3 Å². The molecule has 1 aromatic carbocycles. The first-order valence-electron chi connectivity index (χ1n) is 7.81. The lowest BCUT2D eigenvalue weighted by molar-refractivity contribution is 0.226. The molecule has 1 aliphatic rings. The van der Waals surface area contributed by atoms with Crippen molar-refractivity contribution in [1.29, 1.82) is 0 Å². The van der Waals surface area contributed by atoms with Crippen LogP contribution in [-0.4, -0.2) is 38.2 Å². The predicted molar refractivity (Wildman–Crippen MR) is 92.3 cm³/mol. The van der Waals surface area contributed by atoms with Crippen molar-refractivity contribution in [2.24, 2.45) is 0 Å². The van der Waals surface area contributed by atoms with Gasteiger partial charge in [-0.2, -0.15) is 0 Å². The molecule has 2 amide bonds. The molecule has 5 nitrogen and oxygen atoms in total. The quantitative estimate of drug-likeness (QED) is 0.838. The van der Waals surface area contributed by atoms with Gasteiger partial charge in [-0.25, -0.2) is 13.2 Å². The van der Waals surface area contributed by atoms with Gasteiger partial charge in [-0.15, -0.1) is 0 Å². The lowest BCUT2D eigenvalue weighted by atomic mass is 10.3. The first-order chi connectivity index (χ1) is 10.8. The molecule has 0 saturated heterocycles. The molecule has 0 unspecified atom stereocenters. The van der Waals surface area contributed by atoms with Crippen LogP contribution in [0.15, 0.2) is 41.3 Å². The second-order valence-electron chi connectivity index (χ2n) is 6.22. The molecule has 0 bridgehead atoms. The van der Waals surface area contributed by atoms with Gasteiger partial charge in [0.1, 0.15) is 0 Å². The van der Waals surface area contributed by atoms with Crippen molar-refractivity contribution in [3.63, 3.8) is 0 Å². The van der Waals surface area contributed by atoms with Crippen LogP contribution in [0.1, 0.15) is 32.6 Å². The highest BCUT2D eigenvalue weighted by Gasteiger charge is 2.30. The van der Waals surface area contributed by atoms with Crippen molar-refractivity contribution in [2.45, 2.75) is 42.8 Å². The van der Waals surface area contributed by atoms with Gasteiger partial charge in [0.05, 0.1) is 10.1 Å². The number of amides is 2. The van der Waals surface area contributed by atoms with Gasteiger partial charge >= 0.3 is 6.03 Å². The normalized spacial score (nSPS) is 15.4. The molecule has 23 heavy (non-hydrogen) atoms. The summed E-state index contributed by atoms with van der Waals surface area (Å²) in [5.74, 6) is 0. The van der Waals surface area contributed by atoms with Crippen molar-refractivity contribution in [2.75, 3.05) is 18.9 Å². The van der Waals surface area contributed by atoms with Gasteiger partial charge in [0.15, 0.2) is 9.84 Å². The molecule has 0 radical (unpaired) electrons. The van der Waals surface area contributed by atoms with Crippen molar-refractivity contribution in [1.82, 2.24) is 4.90 Å². The summed E-state index contributed by atoms with van der Waals surface area (Å²) >= 11 is 0. The lowest BCUT2D eigenvalue weighted by Crippen LogP contribution is -2.32. The molecule has 0 atom stereocenters. The van der Waals surface area contributed by atoms with E-state index in [1.54, 1.807) is 31.3 Å². The fourth-order valence-corrected chi connectivity index (χ4v) is 4.67. The third-order valence-electron chi connectivity index (χ3n) is 4.03. The number of nitrogens with zero attached hydrogens (tertiary/aromatic N) is 1. The molecule has 0 aliphatic heterocycles. The Morgan fingerprint density at radius 1 is 1.26 bits per heavy atom. The van der Waals surface area contributed by atoms with Gasteiger partial charge in [0.25, 0.3) is 0 Å². The molecule has 1 aromatic rings. The number of carbonyl (C=O) groups is 1. The van der Waals surface area contributed by atoms with E-state index < -0.39 is 9.84 Å². The molecule has 0 spiro atoms. The molecule has 2 rings (SSSR count). The van der Waals surface area contributed by atoms with Crippen LogP contribution >= 0.6 is 0 Å². The Hall–Kier alpha value is -1.82. The van der Waals surface area contributed by atoms with E-state index in [0.717, 1.165) is 31.3 Å². The monoisotopic (exact) mass is 336 g/mol. The van der Waals surface area contributed by atoms with E-state index in [1.807, 2.05) is 6.92 Å². The van der Waals surface area contributed by atoms with Crippen LogP contribution in [-0.2, 0) is 9.84 Å². The largest absolute Gasteiger partial charge is 0.324 e. The van der Waals surface area contributed by atoms with Crippen molar-refractivity contribution >= 4 is 21.6 Å². The zero-order valence-electron chi connectivity index (χ0n) is 13.7. The Labute approximate surface area is 138 Å². The molecular formula is C17H24N2O3S. The SMILES string of the molecule is C=C(C)CN(C)C(=O)Nc1ccc(S(=O)(=O)C2CCCC2)cc1. The smallest absolute Gasteiger partial charge is 0.321 e. The molecule has 1 saturated carbocycles. The molecule has 1 aliphatic carbocycles. The molecule has 126 valence electrons. The summed E-state index contributed by atoms with van der Waals surface area (Å²) in [5, 5.41) is 2.49. The van der Waals surface area contributed by atoms with Crippen LogP contribution in [0, 0.1) is 0 Å². The molecule has 1 N–H and O–H groups in total. The van der Waals surface area contributed by atoms with Crippen molar-refractivity contribution < 1.29 is 13.2 Å². The number of hydrogen-bond donors (Lipinski definition) is 1. The van der Waals surface area contributed by atoms with Crippen LogP contribution in [0.2, 0.25) is 0 Å². The van der Waals surface area contributed by atoms with Gasteiger partial charge in [-0.1, -0.05) is 25.0 Å². The number of carbonyl (C=O) groups excluding carboxylic acids is 1. The van der Waals surface area contributed by atoms with E-state index in [4.69, 9.17) is 0 Å². The molecule has 0 heterocycles. The van der Waals surface area contributed by atoms with E-state index in [1.165, 1.54) is 4.90 Å². The lowest BCUT2D eigenvalue weighted by Gasteiger charge is -2.18. The number of anilines is 1. The van der Waals surface area contributed by atoms with Gasteiger partial charge in [-0.3, -0.25) is 0 Å². The minimum Gasteiger partial charge on any atom is -0.324 e. The van der Waals surface area contributed by atoms with E-state index in [-0.39, 0.29) is 11.3 Å². The van der Waals surface area contributed by atoms with Crippen LogP contribution in [0.5, 0.6) is 0 Å². The minimum absolute atomic E-state index is 0.251. The summed E-state index contributed by atoms with van der Waals surface area (Å²) in [5.41, 5.74) is 1.47. The Balaban J connectivity index is 2.05. The number of benzene rings is 1. The van der Waals surface area contributed by atoms with Crippen LogP contribution in [0.3, 0.4) is 0 Å². The summed E-state index contributed by atoms with van der Waals surface area (Å²) in [4.78, 5) is 13.8. The zero-order valence-corrected chi connectivity index (χ0v) is 14.5. The number of hydrogen-bond acceptors (Lipinski definition) is 3. The number of likely N-dealkylation sites (N-methyl/N-ethyl adjacent to an activating group) is 1. The maximum atomic E-state index is 12.5. The Morgan fingerprint density at radius 2 is 1.83 bits per heavy atom. The van der Waals surface area contributed by atoms with E-state index >= 15 is 0 Å². The fourth-order valence-electron chi connectivity index (χ4n) is 2.81. The van der Waals surface area contributed by atoms with Gasteiger partial charge < -0.3 is 10.2 Å². The van der Waals surface area contributed by atoms with E-state index in [9.17, 15) is 13.2 Å². The number of urea groups is 1. The molecular weight excluding hydrogens is 312 g/mol. The predicted octanol–water partition coefficient (Wildman–Crippen LogP) is 3.44. The summed E-state index contributed by atoms with van der Waals surface area (Å²) < 4.78 is 25.0. The fraction of sp³-hybridized carbons (Fsp3) is 0.471. The van der Waals surface area contributed by atoms with Crippen molar-refractivity contribution in [3.05, 3.63) is 36.4 Å². The van der Waals surface area contributed by atoms with Crippen LogP contribution in [0.4, 0.5) is 10.5 Å². The summed E-state index contributed by atoms with van der Waals surface area (Å²) in [6.45, 7) is 6.10. The summed E-state index contributed by atoms with van der Waals surface area (Å²) in [7, 11) is -1.57. The van der Waals surface area contributed by atoms with Crippen LogP contribution in [0.25, 0.3) is 0 Å². The van der Waals surface area contributed by atoms with E-state index in [2.05, 4.69) is 11.9 Å². The average molecular weight is 336 g/mol. The molecule has 0 aromatic heterocycles. The average Bonchev–Trinajstić information content (AvgIpc) is 3.02. The molecule has 6 heteroatoms. The Bertz CT molecular complexity index is 674. The molecule has 1 fully saturated rings. The highest BCUT2D eigenvalue weighted by molar-refractivity contribution is 7.92. The van der Waals surface area contributed by atoms with Gasteiger partial charge in [0.2, 0.25) is 0 Å². The number of nitrogens with one attached hydrogen (secondary N) is 1. The number of rotatable bonds is 5. The Morgan fingerprint density at radius 3 is 2.35 bits per heavy atom. The van der Waals surface area contributed by atoms with Crippen LogP contribution < -0.4 is 5.32 Å². The van der Waals surface area contributed by atoms with Gasteiger partial charge in [-0.05, 0) is 44.0 Å². The highest BCUT2D eigenvalue weighted by Crippen LogP contribution is 2.30. The second-order valence-corrected chi connectivity index (χ2v) is 8.45.